The van der Waals surface area contributed by atoms with Crippen LogP contribution in [0.3, 0.4) is 0 Å². The Labute approximate surface area is 119 Å². The first-order valence-corrected chi connectivity index (χ1v) is 7.31. The molecular formula is C17H20N2O. The number of hydrogen-bond donors (Lipinski definition) is 0. The van der Waals surface area contributed by atoms with Crippen LogP contribution in [0.2, 0.25) is 0 Å². The molecule has 0 aliphatic heterocycles. The van der Waals surface area contributed by atoms with Gasteiger partial charge in [-0.3, -0.25) is 9.48 Å². The highest BCUT2D eigenvalue weighted by molar-refractivity contribution is 5.86. The Hall–Kier alpha value is -1.90. The summed E-state index contributed by atoms with van der Waals surface area (Å²) in [7, 11) is 0. The zero-order valence-electron chi connectivity index (χ0n) is 12.1. The molecule has 1 aromatic carbocycles. The molecule has 1 fully saturated rings. The minimum atomic E-state index is 0.465. The summed E-state index contributed by atoms with van der Waals surface area (Å²) >= 11 is 0. The summed E-state index contributed by atoms with van der Waals surface area (Å²) in [4.78, 5) is 11.4. The molecule has 1 heterocycles. The number of carbonyl (C=O) groups is 1. The van der Waals surface area contributed by atoms with Gasteiger partial charge in [0.05, 0.1) is 11.6 Å². The maximum Gasteiger partial charge on any atom is 0.153 e. The van der Waals surface area contributed by atoms with Crippen molar-refractivity contribution >= 4 is 6.29 Å². The lowest BCUT2D eigenvalue weighted by molar-refractivity contribution is 0.112. The zero-order chi connectivity index (χ0) is 14.1. The molecule has 1 aromatic heterocycles. The van der Waals surface area contributed by atoms with Crippen LogP contribution in [0.1, 0.15) is 53.2 Å². The number of aromatic nitrogens is 2. The topological polar surface area (TPSA) is 34.9 Å². The Kier molecular flexibility index (Phi) is 3.43. The van der Waals surface area contributed by atoms with Crippen molar-refractivity contribution in [2.75, 3.05) is 0 Å². The molecule has 1 aliphatic carbocycles. The largest absolute Gasteiger partial charge is 0.298 e. The number of aldehydes is 1. The normalized spacial score (nSPS) is 15.7. The fourth-order valence-corrected chi connectivity index (χ4v) is 3.05. The minimum absolute atomic E-state index is 0.465. The van der Waals surface area contributed by atoms with Crippen LogP contribution in [-0.2, 0) is 0 Å². The van der Waals surface area contributed by atoms with Crippen molar-refractivity contribution in [2.24, 2.45) is 0 Å². The van der Waals surface area contributed by atoms with Gasteiger partial charge in [-0.1, -0.05) is 30.5 Å². The van der Waals surface area contributed by atoms with Crippen molar-refractivity contribution in [1.29, 1.82) is 0 Å². The van der Waals surface area contributed by atoms with E-state index in [4.69, 9.17) is 5.10 Å². The fraction of sp³-hybridized carbons (Fsp3) is 0.412. The third-order valence-electron chi connectivity index (χ3n) is 4.23. The standard InChI is InChI=1S/C17H20N2O/c1-12-7-8-13(2)16(9-12)17-14(11-20)10-19(18-17)15-5-3-4-6-15/h7-11,15H,3-6H2,1-2H3. The summed E-state index contributed by atoms with van der Waals surface area (Å²) in [5, 5.41) is 4.72. The molecule has 0 bridgehead atoms. The second-order valence-corrected chi connectivity index (χ2v) is 5.79. The van der Waals surface area contributed by atoms with Gasteiger partial charge in [0.15, 0.2) is 6.29 Å². The molecule has 0 spiro atoms. The molecule has 2 aromatic rings. The molecule has 0 radical (unpaired) electrons. The van der Waals surface area contributed by atoms with E-state index in [1.807, 2.05) is 10.9 Å². The van der Waals surface area contributed by atoms with Crippen molar-refractivity contribution in [3.8, 4) is 11.3 Å². The molecule has 0 N–H and O–H groups in total. The first kappa shape index (κ1) is 13.1. The maximum atomic E-state index is 11.4. The monoisotopic (exact) mass is 268 g/mol. The van der Waals surface area contributed by atoms with Gasteiger partial charge in [-0.15, -0.1) is 0 Å². The number of aryl methyl sites for hydroxylation is 2. The number of rotatable bonds is 3. The van der Waals surface area contributed by atoms with E-state index >= 15 is 0 Å². The average Bonchev–Trinajstić information content (AvgIpc) is 3.09. The summed E-state index contributed by atoms with van der Waals surface area (Å²) < 4.78 is 2.01. The Morgan fingerprint density at radius 3 is 2.70 bits per heavy atom. The molecule has 0 unspecified atom stereocenters. The van der Waals surface area contributed by atoms with Gasteiger partial charge in [-0.05, 0) is 38.3 Å². The molecule has 0 atom stereocenters. The first-order valence-electron chi connectivity index (χ1n) is 7.31. The highest BCUT2D eigenvalue weighted by Gasteiger charge is 2.21. The fourth-order valence-electron chi connectivity index (χ4n) is 3.05. The van der Waals surface area contributed by atoms with Crippen molar-refractivity contribution in [3.05, 3.63) is 41.1 Å². The summed E-state index contributed by atoms with van der Waals surface area (Å²) in [6.07, 6.45) is 7.72. The van der Waals surface area contributed by atoms with E-state index < -0.39 is 0 Å². The zero-order valence-corrected chi connectivity index (χ0v) is 12.1. The Bertz CT molecular complexity index is 636. The molecule has 0 amide bonds. The van der Waals surface area contributed by atoms with E-state index in [2.05, 4.69) is 32.0 Å². The predicted molar refractivity (Wildman–Crippen MR) is 80.0 cm³/mol. The van der Waals surface area contributed by atoms with Crippen molar-refractivity contribution in [3.63, 3.8) is 0 Å². The SMILES string of the molecule is Cc1ccc(C)c(-c2nn(C3CCCC3)cc2C=O)c1. The van der Waals surface area contributed by atoms with Crippen LogP contribution in [0.4, 0.5) is 0 Å². The lowest BCUT2D eigenvalue weighted by Gasteiger charge is -2.09. The molecule has 20 heavy (non-hydrogen) atoms. The van der Waals surface area contributed by atoms with E-state index in [-0.39, 0.29) is 0 Å². The van der Waals surface area contributed by atoms with Gasteiger partial charge in [-0.25, -0.2) is 0 Å². The Morgan fingerprint density at radius 1 is 1.25 bits per heavy atom. The van der Waals surface area contributed by atoms with E-state index in [0.717, 1.165) is 23.1 Å². The van der Waals surface area contributed by atoms with Crippen molar-refractivity contribution < 1.29 is 4.79 Å². The third kappa shape index (κ3) is 2.28. The van der Waals surface area contributed by atoms with Gasteiger partial charge in [0.25, 0.3) is 0 Å². The van der Waals surface area contributed by atoms with E-state index in [1.54, 1.807) is 0 Å². The first-order chi connectivity index (χ1) is 9.69. The summed E-state index contributed by atoms with van der Waals surface area (Å²) in [5.41, 5.74) is 4.95. The highest BCUT2D eigenvalue weighted by atomic mass is 16.1. The number of nitrogens with zero attached hydrogens (tertiary/aromatic N) is 2. The van der Waals surface area contributed by atoms with E-state index in [9.17, 15) is 4.79 Å². The van der Waals surface area contributed by atoms with E-state index in [0.29, 0.717) is 11.6 Å². The van der Waals surface area contributed by atoms with Gasteiger partial charge in [0, 0.05) is 11.8 Å². The average molecular weight is 268 g/mol. The second kappa shape index (κ2) is 5.23. The van der Waals surface area contributed by atoms with E-state index in [1.165, 1.54) is 31.2 Å². The third-order valence-corrected chi connectivity index (χ3v) is 4.23. The summed E-state index contributed by atoms with van der Waals surface area (Å²) in [6.45, 7) is 4.13. The van der Waals surface area contributed by atoms with Crippen LogP contribution in [0, 0.1) is 13.8 Å². The van der Waals surface area contributed by atoms with Gasteiger partial charge >= 0.3 is 0 Å². The molecular weight excluding hydrogens is 248 g/mol. The molecule has 104 valence electrons. The second-order valence-electron chi connectivity index (χ2n) is 5.79. The smallest absolute Gasteiger partial charge is 0.153 e. The minimum Gasteiger partial charge on any atom is -0.298 e. The quantitative estimate of drug-likeness (QED) is 0.786. The lowest BCUT2D eigenvalue weighted by Crippen LogP contribution is -2.05. The van der Waals surface area contributed by atoms with Crippen molar-refractivity contribution in [2.45, 2.75) is 45.6 Å². The van der Waals surface area contributed by atoms with Gasteiger partial charge in [0.1, 0.15) is 5.69 Å². The maximum absolute atomic E-state index is 11.4. The summed E-state index contributed by atoms with van der Waals surface area (Å²) in [5.74, 6) is 0. The molecule has 1 aliphatic rings. The van der Waals surface area contributed by atoms with Crippen LogP contribution in [0.5, 0.6) is 0 Å². The molecule has 0 saturated heterocycles. The van der Waals surface area contributed by atoms with Gasteiger partial charge in [0.2, 0.25) is 0 Å². The molecule has 3 nitrogen and oxygen atoms in total. The van der Waals surface area contributed by atoms with Crippen LogP contribution in [0.15, 0.2) is 24.4 Å². The molecule has 3 heteroatoms. The lowest BCUT2D eigenvalue weighted by atomic mass is 10.0. The number of carbonyl (C=O) groups excluding carboxylic acids is 1. The number of hydrogen-bond acceptors (Lipinski definition) is 2. The summed E-state index contributed by atoms with van der Waals surface area (Å²) in [6, 6.07) is 6.76. The van der Waals surface area contributed by atoms with Crippen molar-refractivity contribution in [1.82, 2.24) is 9.78 Å². The Balaban J connectivity index is 2.07. The van der Waals surface area contributed by atoms with Gasteiger partial charge in [-0.2, -0.15) is 5.10 Å². The van der Waals surface area contributed by atoms with Crippen LogP contribution in [0.25, 0.3) is 11.3 Å². The molecule has 1 saturated carbocycles. The predicted octanol–water partition coefficient (Wildman–Crippen LogP) is 4.09. The van der Waals surface area contributed by atoms with Gasteiger partial charge < -0.3 is 0 Å². The van der Waals surface area contributed by atoms with Crippen LogP contribution >= 0.6 is 0 Å². The van der Waals surface area contributed by atoms with Crippen LogP contribution in [-0.4, -0.2) is 16.1 Å². The number of benzene rings is 1. The highest BCUT2D eigenvalue weighted by Crippen LogP contribution is 2.32. The Morgan fingerprint density at radius 2 is 2.00 bits per heavy atom. The molecule has 3 rings (SSSR count). The van der Waals surface area contributed by atoms with Crippen LogP contribution < -0.4 is 0 Å².